The number of nitrogens with zero attached hydrogens (tertiary/aromatic N) is 3. The number of halogens is 3. The SMILES string of the molecule is O=C(Cn1c(=O)oc2ccccc21)N1CCN(S(=O)(=O)c2ccc(F)c(F)c2F)CC1. The van der Waals surface area contributed by atoms with E-state index in [2.05, 4.69) is 0 Å². The second-order valence-corrected chi connectivity index (χ2v) is 8.79. The monoisotopic (exact) mass is 455 g/mol. The smallest absolute Gasteiger partial charge is 0.408 e. The Kier molecular flexibility index (Phi) is 5.35. The lowest BCUT2D eigenvalue weighted by molar-refractivity contribution is -0.133. The van der Waals surface area contributed by atoms with E-state index in [-0.39, 0.29) is 32.7 Å². The molecule has 1 aromatic heterocycles. The third-order valence-corrected chi connectivity index (χ3v) is 6.99. The maximum Gasteiger partial charge on any atom is 0.420 e. The third kappa shape index (κ3) is 3.72. The Morgan fingerprint density at radius 2 is 1.65 bits per heavy atom. The lowest BCUT2D eigenvalue weighted by atomic mass is 10.3. The van der Waals surface area contributed by atoms with Gasteiger partial charge in [-0.2, -0.15) is 4.31 Å². The number of hydrogen-bond acceptors (Lipinski definition) is 5. The van der Waals surface area contributed by atoms with Crippen molar-refractivity contribution in [2.75, 3.05) is 26.2 Å². The molecule has 0 saturated carbocycles. The maximum absolute atomic E-state index is 14.0. The van der Waals surface area contributed by atoms with E-state index in [0.29, 0.717) is 23.2 Å². The largest absolute Gasteiger partial charge is 0.420 e. The van der Waals surface area contributed by atoms with Crippen LogP contribution in [0.3, 0.4) is 0 Å². The quantitative estimate of drug-likeness (QED) is 0.557. The van der Waals surface area contributed by atoms with Gasteiger partial charge in [-0.05, 0) is 24.3 Å². The van der Waals surface area contributed by atoms with Crippen molar-refractivity contribution in [2.24, 2.45) is 0 Å². The van der Waals surface area contributed by atoms with Crippen LogP contribution in [0.1, 0.15) is 0 Å². The molecule has 8 nitrogen and oxygen atoms in total. The number of para-hydroxylation sites is 2. The van der Waals surface area contributed by atoms with Crippen LogP contribution in [0.25, 0.3) is 11.1 Å². The highest BCUT2D eigenvalue weighted by molar-refractivity contribution is 7.89. The molecule has 1 amide bonds. The van der Waals surface area contributed by atoms with Crippen LogP contribution >= 0.6 is 0 Å². The molecule has 0 bridgehead atoms. The summed E-state index contributed by atoms with van der Waals surface area (Å²) in [7, 11) is -4.42. The molecule has 2 aromatic carbocycles. The molecule has 0 aliphatic carbocycles. The van der Waals surface area contributed by atoms with E-state index in [1.165, 1.54) is 9.47 Å². The van der Waals surface area contributed by atoms with Gasteiger partial charge in [0, 0.05) is 26.2 Å². The molecule has 2 heterocycles. The van der Waals surface area contributed by atoms with E-state index in [0.717, 1.165) is 4.31 Å². The van der Waals surface area contributed by atoms with Crippen LogP contribution in [0.15, 0.2) is 50.5 Å². The second-order valence-electron chi connectivity index (χ2n) is 6.88. The molecule has 0 atom stereocenters. The first-order valence-electron chi connectivity index (χ1n) is 9.20. The van der Waals surface area contributed by atoms with Crippen LogP contribution < -0.4 is 5.76 Å². The minimum atomic E-state index is -4.42. The van der Waals surface area contributed by atoms with Crippen LogP contribution in [0.4, 0.5) is 13.2 Å². The fraction of sp³-hybridized carbons (Fsp3) is 0.263. The molecule has 1 aliphatic heterocycles. The van der Waals surface area contributed by atoms with Crippen molar-refractivity contribution in [3.05, 3.63) is 64.4 Å². The summed E-state index contributed by atoms with van der Waals surface area (Å²) < 4.78 is 73.0. The number of piperazine rings is 1. The first-order chi connectivity index (χ1) is 14.7. The standard InChI is InChI=1S/C19H16F3N3O5S/c20-12-5-6-15(18(22)17(12)21)31(28,29)24-9-7-23(8-10-24)16(26)11-25-13-3-1-2-4-14(13)30-19(25)27/h1-6H,7-11H2. The number of sulfonamides is 1. The van der Waals surface area contributed by atoms with E-state index in [9.17, 15) is 31.2 Å². The van der Waals surface area contributed by atoms with Gasteiger partial charge in [0.15, 0.2) is 23.0 Å². The highest BCUT2D eigenvalue weighted by atomic mass is 32.2. The normalized spacial score (nSPS) is 15.5. The number of hydrogen-bond donors (Lipinski definition) is 0. The van der Waals surface area contributed by atoms with Crippen molar-refractivity contribution in [3.63, 3.8) is 0 Å². The van der Waals surface area contributed by atoms with E-state index in [1.54, 1.807) is 24.3 Å². The topological polar surface area (TPSA) is 92.8 Å². The van der Waals surface area contributed by atoms with Gasteiger partial charge >= 0.3 is 5.76 Å². The predicted octanol–water partition coefficient (Wildman–Crippen LogP) is 1.54. The number of carbonyl (C=O) groups excluding carboxylic acids is 1. The lowest BCUT2D eigenvalue weighted by Crippen LogP contribution is -2.51. The maximum atomic E-state index is 14.0. The van der Waals surface area contributed by atoms with E-state index < -0.39 is 44.0 Å². The first-order valence-corrected chi connectivity index (χ1v) is 10.6. The summed E-state index contributed by atoms with van der Waals surface area (Å²) >= 11 is 0. The fourth-order valence-electron chi connectivity index (χ4n) is 3.42. The van der Waals surface area contributed by atoms with E-state index in [4.69, 9.17) is 4.42 Å². The first kappa shape index (κ1) is 21.1. The van der Waals surface area contributed by atoms with Gasteiger partial charge in [-0.1, -0.05) is 12.1 Å². The number of rotatable bonds is 4. The lowest BCUT2D eigenvalue weighted by Gasteiger charge is -2.34. The summed E-state index contributed by atoms with van der Waals surface area (Å²) in [5, 5.41) is 0. The van der Waals surface area contributed by atoms with Crippen LogP contribution in [0, 0.1) is 17.5 Å². The van der Waals surface area contributed by atoms with Crippen molar-refractivity contribution in [2.45, 2.75) is 11.4 Å². The molecule has 0 radical (unpaired) electrons. The Morgan fingerprint density at radius 3 is 2.35 bits per heavy atom. The minimum Gasteiger partial charge on any atom is -0.408 e. The molecule has 1 saturated heterocycles. The van der Waals surface area contributed by atoms with Gasteiger partial charge in [0.05, 0.1) is 5.52 Å². The Labute approximate surface area is 174 Å². The van der Waals surface area contributed by atoms with Crippen LogP contribution in [-0.4, -0.2) is 54.3 Å². The molecule has 1 aliphatic rings. The molecule has 12 heteroatoms. The van der Waals surface area contributed by atoms with Crippen molar-refractivity contribution >= 4 is 27.0 Å². The average molecular weight is 455 g/mol. The molecule has 3 aromatic rings. The highest BCUT2D eigenvalue weighted by Crippen LogP contribution is 2.24. The summed E-state index contributed by atoms with van der Waals surface area (Å²) in [6.45, 7) is -0.677. The van der Waals surface area contributed by atoms with Gasteiger partial charge in [-0.15, -0.1) is 0 Å². The summed E-state index contributed by atoms with van der Waals surface area (Å²) in [6, 6.07) is 7.81. The molecule has 31 heavy (non-hydrogen) atoms. The van der Waals surface area contributed by atoms with E-state index in [1.807, 2.05) is 0 Å². The molecule has 0 N–H and O–H groups in total. The fourth-order valence-corrected chi connectivity index (χ4v) is 4.90. The number of benzene rings is 2. The van der Waals surface area contributed by atoms with Crippen molar-refractivity contribution in [1.82, 2.24) is 13.8 Å². The minimum absolute atomic E-state index is 0.0199. The Bertz CT molecular complexity index is 1330. The number of aromatic nitrogens is 1. The molecular formula is C19H16F3N3O5S. The van der Waals surface area contributed by atoms with E-state index >= 15 is 0 Å². The van der Waals surface area contributed by atoms with Crippen molar-refractivity contribution in [1.29, 1.82) is 0 Å². The number of oxazole rings is 1. The average Bonchev–Trinajstić information content (AvgIpc) is 3.07. The molecular weight excluding hydrogens is 439 g/mol. The van der Waals surface area contributed by atoms with Crippen molar-refractivity contribution < 1.29 is 30.8 Å². The molecule has 1 fully saturated rings. The van der Waals surface area contributed by atoms with Gasteiger partial charge in [0.25, 0.3) is 0 Å². The van der Waals surface area contributed by atoms with Gasteiger partial charge in [0.1, 0.15) is 11.4 Å². The van der Waals surface area contributed by atoms with Crippen molar-refractivity contribution in [3.8, 4) is 0 Å². The molecule has 164 valence electrons. The predicted molar refractivity (Wildman–Crippen MR) is 102 cm³/mol. The molecule has 4 rings (SSSR count). The van der Waals surface area contributed by atoms with Gasteiger partial charge in [-0.3, -0.25) is 9.36 Å². The van der Waals surface area contributed by atoms with Gasteiger partial charge < -0.3 is 9.32 Å². The number of carbonyl (C=O) groups is 1. The Hall–Kier alpha value is -3.12. The zero-order chi connectivity index (χ0) is 22.3. The highest BCUT2D eigenvalue weighted by Gasteiger charge is 2.33. The number of amides is 1. The zero-order valence-corrected chi connectivity index (χ0v) is 16.7. The summed E-state index contributed by atoms with van der Waals surface area (Å²) in [5.41, 5.74) is 0.792. The molecule has 0 spiro atoms. The summed E-state index contributed by atoms with van der Waals surface area (Å²) in [4.78, 5) is 25.0. The van der Waals surface area contributed by atoms with Gasteiger partial charge in [-0.25, -0.2) is 26.4 Å². The van der Waals surface area contributed by atoms with Crippen LogP contribution in [0.2, 0.25) is 0 Å². The van der Waals surface area contributed by atoms with Crippen LogP contribution in [0.5, 0.6) is 0 Å². The summed E-state index contributed by atoms with van der Waals surface area (Å²) in [5.74, 6) is -6.26. The number of fused-ring (bicyclic) bond motifs is 1. The molecule has 0 unspecified atom stereocenters. The Morgan fingerprint density at radius 1 is 0.968 bits per heavy atom. The third-order valence-electron chi connectivity index (χ3n) is 5.08. The Balaban J connectivity index is 1.47. The van der Waals surface area contributed by atoms with Gasteiger partial charge in [0.2, 0.25) is 15.9 Å². The summed E-state index contributed by atoms with van der Waals surface area (Å²) in [6.07, 6.45) is 0. The van der Waals surface area contributed by atoms with Crippen LogP contribution in [-0.2, 0) is 21.4 Å². The second kappa shape index (κ2) is 7.85. The zero-order valence-electron chi connectivity index (χ0n) is 15.9.